The van der Waals surface area contributed by atoms with Crippen LogP contribution in [0.15, 0.2) is 114 Å². The van der Waals surface area contributed by atoms with Gasteiger partial charge in [-0.1, -0.05) is 96.9 Å². The lowest BCUT2D eigenvalue weighted by atomic mass is 10.0. The Hall–Kier alpha value is -4.14. The molecule has 2 amide bonds. The molecular formula is C35H38ClN3O4S. The van der Waals surface area contributed by atoms with Crippen molar-refractivity contribution in [1.29, 1.82) is 0 Å². The van der Waals surface area contributed by atoms with E-state index in [-0.39, 0.29) is 29.8 Å². The van der Waals surface area contributed by atoms with E-state index in [1.807, 2.05) is 75.4 Å². The van der Waals surface area contributed by atoms with Crippen molar-refractivity contribution in [3.05, 3.63) is 131 Å². The van der Waals surface area contributed by atoms with Crippen LogP contribution in [-0.2, 0) is 32.6 Å². The van der Waals surface area contributed by atoms with E-state index in [9.17, 15) is 18.0 Å². The first-order chi connectivity index (χ1) is 21.1. The second-order valence-corrected chi connectivity index (χ2v) is 13.1. The average molecular weight is 632 g/mol. The first kappa shape index (κ1) is 32.8. The number of benzene rings is 4. The molecule has 44 heavy (non-hydrogen) atoms. The van der Waals surface area contributed by atoms with Gasteiger partial charge in [0, 0.05) is 24.0 Å². The quantitative estimate of drug-likeness (QED) is 0.185. The Labute approximate surface area is 265 Å². The highest BCUT2D eigenvalue weighted by molar-refractivity contribution is 7.92. The summed E-state index contributed by atoms with van der Waals surface area (Å²) in [4.78, 5) is 29.8. The smallest absolute Gasteiger partial charge is 0.264 e. The van der Waals surface area contributed by atoms with Crippen LogP contribution in [0.25, 0.3) is 0 Å². The zero-order chi connectivity index (χ0) is 31.7. The third-order valence-corrected chi connectivity index (χ3v) is 9.51. The molecule has 2 atom stereocenters. The number of para-hydroxylation sites is 1. The van der Waals surface area contributed by atoms with Gasteiger partial charge in [0.2, 0.25) is 11.8 Å². The Kier molecular flexibility index (Phi) is 11.2. The lowest BCUT2D eigenvalue weighted by Crippen LogP contribution is -2.54. The van der Waals surface area contributed by atoms with Crippen molar-refractivity contribution >= 4 is 39.1 Å². The van der Waals surface area contributed by atoms with Crippen molar-refractivity contribution < 1.29 is 18.0 Å². The maximum absolute atomic E-state index is 14.4. The van der Waals surface area contributed by atoms with Gasteiger partial charge in [-0.3, -0.25) is 13.9 Å². The molecule has 230 valence electrons. The predicted octanol–water partition coefficient (Wildman–Crippen LogP) is 6.40. The molecule has 0 aromatic heterocycles. The maximum atomic E-state index is 14.4. The number of nitrogens with one attached hydrogen (secondary N) is 1. The minimum atomic E-state index is -4.18. The van der Waals surface area contributed by atoms with Crippen LogP contribution in [-0.4, -0.2) is 43.8 Å². The number of amides is 2. The van der Waals surface area contributed by atoms with E-state index >= 15 is 0 Å². The minimum Gasteiger partial charge on any atom is -0.352 e. The molecule has 0 saturated heterocycles. The largest absolute Gasteiger partial charge is 0.352 e. The molecule has 0 aliphatic carbocycles. The monoisotopic (exact) mass is 631 g/mol. The van der Waals surface area contributed by atoms with Crippen LogP contribution in [0.1, 0.15) is 37.0 Å². The SMILES string of the molecule is CC[C@H](C)NC(=O)[C@H](Cc1ccccc1)N(Cc1ccc(C)cc1)C(=O)CN(c1ccccc1)S(=O)(=O)c1ccc(Cl)cc1. The number of aryl methyl sites for hydroxylation is 1. The number of carbonyl (C=O) groups excluding carboxylic acids is 2. The van der Waals surface area contributed by atoms with Gasteiger partial charge < -0.3 is 10.2 Å². The van der Waals surface area contributed by atoms with E-state index in [2.05, 4.69) is 5.32 Å². The first-order valence-electron chi connectivity index (χ1n) is 14.6. The average Bonchev–Trinajstić information content (AvgIpc) is 3.03. The van der Waals surface area contributed by atoms with Gasteiger partial charge in [0.1, 0.15) is 12.6 Å². The molecule has 0 heterocycles. The highest BCUT2D eigenvalue weighted by Gasteiger charge is 2.35. The van der Waals surface area contributed by atoms with E-state index in [0.29, 0.717) is 10.7 Å². The van der Waals surface area contributed by atoms with E-state index in [0.717, 1.165) is 27.4 Å². The van der Waals surface area contributed by atoms with Crippen LogP contribution in [0.2, 0.25) is 5.02 Å². The molecule has 4 rings (SSSR count). The number of hydrogen-bond donors (Lipinski definition) is 1. The van der Waals surface area contributed by atoms with Crippen molar-refractivity contribution in [1.82, 2.24) is 10.2 Å². The molecule has 4 aromatic carbocycles. The van der Waals surface area contributed by atoms with Gasteiger partial charge in [-0.25, -0.2) is 8.42 Å². The van der Waals surface area contributed by atoms with Crippen LogP contribution in [0.4, 0.5) is 5.69 Å². The second-order valence-electron chi connectivity index (χ2n) is 10.8. The Morgan fingerprint density at radius 2 is 1.41 bits per heavy atom. The zero-order valence-electron chi connectivity index (χ0n) is 25.2. The summed E-state index contributed by atoms with van der Waals surface area (Å²) < 4.78 is 29.1. The van der Waals surface area contributed by atoms with Gasteiger partial charge >= 0.3 is 0 Å². The van der Waals surface area contributed by atoms with Crippen LogP contribution in [0.3, 0.4) is 0 Å². The molecule has 4 aromatic rings. The van der Waals surface area contributed by atoms with Crippen LogP contribution < -0.4 is 9.62 Å². The number of rotatable bonds is 13. The van der Waals surface area contributed by atoms with Crippen LogP contribution >= 0.6 is 11.6 Å². The molecule has 0 aliphatic heterocycles. The van der Waals surface area contributed by atoms with Crippen molar-refractivity contribution in [3.8, 4) is 0 Å². The second kappa shape index (κ2) is 15.0. The summed E-state index contributed by atoms with van der Waals surface area (Å²) in [6.45, 7) is 5.48. The molecule has 1 N–H and O–H groups in total. The third-order valence-electron chi connectivity index (χ3n) is 7.47. The molecule has 0 spiro atoms. The number of carbonyl (C=O) groups is 2. The fourth-order valence-corrected chi connectivity index (χ4v) is 6.28. The summed E-state index contributed by atoms with van der Waals surface area (Å²) in [5.41, 5.74) is 3.10. The van der Waals surface area contributed by atoms with Crippen molar-refractivity contribution in [2.24, 2.45) is 0 Å². The Morgan fingerprint density at radius 1 is 0.818 bits per heavy atom. The Balaban J connectivity index is 1.78. The first-order valence-corrected chi connectivity index (χ1v) is 16.4. The zero-order valence-corrected chi connectivity index (χ0v) is 26.8. The highest BCUT2D eigenvalue weighted by Crippen LogP contribution is 2.26. The number of nitrogens with zero attached hydrogens (tertiary/aromatic N) is 2. The van der Waals surface area contributed by atoms with Gasteiger partial charge in [0.25, 0.3) is 10.0 Å². The summed E-state index contributed by atoms with van der Waals surface area (Å²) in [6, 6.07) is 30.6. The molecule has 7 nitrogen and oxygen atoms in total. The molecule has 0 fully saturated rings. The molecule has 9 heteroatoms. The predicted molar refractivity (Wildman–Crippen MR) is 176 cm³/mol. The van der Waals surface area contributed by atoms with Crippen molar-refractivity contribution in [3.63, 3.8) is 0 Å². The fraction of sp³-hybridized carbons (Fsp3) is 0.257. The van der Waals surface area contributed by atoms with Crippen LogP contribution in [0, 0.1) is 6.92 Å². The normalized spacial score (nSPS) is 12.6. The number of halogens is 1. The highest BCUT2D eigenvalue weighted by atomic mass is 35.5. The van der Waals surface area contributed by atoms with E-state index in [4.69, 9.17) is 11.6 Å². The third kappa shape index (κ3) is 8.49. The summed E-state index contributed by atoms with van der Waals surface area (Å²) >= 11 is 6.04. The van der Waals surface area contributed by atoms with Gasteiger partial charge in [-0.15, -0.1) is 0 Å². The Bertz CT molecular complexity index is 1630. The molecule has 0 bridgehead atoms. The molecule has 0 radical (unpaired) electrons. The topological polar surface area (TPSA) is 86.8 Å². The van der Waals surface area contributed by atoms with Gasteiger partial charge in [0.15, 0.2) is 0 Å². The number of sulfonamides is 1. The lowest BCUT2D eigenvalue weighted by molar-refractivity contribution is -0.140. The van der Waals surface area contributed by atoms with Gasteiger partial charge in [0.05, 0.1) is 10.6 Å². The summed E-state index contributed by atoms with van der Waals surface area (Å²) in [5, 5.41) is 3.44. The summed E-state index contributed by atoms with van der Waals surface area (Å²) in [6.07, 6.45) is 0.979. The van der Waals surface area contributed by atoms with Crippen molar-refractivity contribution in [2.75, 3.05) is 10.8 Å². The van der Waals surface area contributed by atoms with Crippen LogP contribution in [0.5, 0.6) is 0 Å². The standard InChI is InChI=1S/C35H38ClN3O4S/c1-4-27(3)37-35(41)33(23-28-11-7-5-8-12-28)38(24-29-17-15-26(2)16-18-29)34(40)25-39(31-13-9-6-10-14-31)44(42,43)32-21-19-30(36)20-22-32/h5-22,27,33H,4,23-25H2,1-3H3,(H,37,41)/t27-,33-/m0/s1. The number of anilines is 1. The van der Waals surface area contributed by atoms with E-state index in [1.54, 1.807) is 30.3 Å². The Morgan fingerprint density at radius 3 is 2.00 bits per heavy atom. The lowest BCUT2D eigenvalue weighted by Gasteiger charge is -2.34. The fourth-order valence-electron chi connectivity index (χ4n) is 4.74. The van der Waals surface area contributed by atoms with E-state index < -0.39 is 28.5 Å². The number of hydrogen-bond acceptors (Lipinski definition) is 4. The maximum Gasteiger partial charge on any atom is 0.264 e. The molecule has 0 unspecified atom stereocenters. The van der Waals surface area contributed by atoms with E-state index in [1.165, 1.54) is 29.2 Å². The van der Waals surface area contributed by atoms with Gasteiger partial charge in [-0.05, 0) is 67.8 Å². The minimum absolute atomic E-state index is 0.000938. The van der Waals surface area contributed by atoms with Gasteiger partial charge in [-0.2, -0.15) is 0 Å². The summed E-state index contributed by atoms with van der Waals surface area (Å²) in [7, 11) is -4.18. The molecule has 0 saturated carbocycles. The van der Waals surface area contributed by atoms with Crippen molar-refractivity contribution in [2.45, 2.75) is 57.1 Å². The molecule has 0 aliphatic rings. The summed E-state index contributed by atoms with van der Waals surface area (Å²) in [5.74, 6) is -0.803. The molecular weight excluding hydrogens is 594 g/mol.